The van der Waals surface area contributed by atoms with E-state index in [0.29, 0.717) is 5.82 Å². The van der Waals surface area contributed by atoms with E-state index in [-0.39, 0.29) is 0 Å². The second kappa shape index (κ2) is 3.62. The molecule has 3 rings (SSSR count). The average molecular weight is 282 g/mol. The van der Waals surface area contributed by atoms with Crippen LogP contribution in [0.2, 0.25) is 0 Å². The molecule has 0 bridgehead atoms. The number of halogens is 1. The largest absolute Gasteiger partial charge is 0.384 e. The fourth-order valence-corrected chi connectivity index (χ4v) is 2.71. The highest BCUT2D eigenvalue weighted by molar-refractivity contribution is 9.10. The van der Waals surface area contributed by atoms with E-state index in [9.17, 15) is 0 Å². The number of aromatic nitrogens is 4. The van der Waals surface area contributed by atoms with Crippen molar-refractivity contribution in [2.75, 3.05) is 5.73 Å². The van der Waals surface area contributed by atoms with E-state index in [1.807, 2.05) is 4.68 Å². The first-order valence-corrected chi connectivity index (χ1v) is 6.12. The first kappa shape index (κ1) is 9.89. The minimum atomic E-state index is 0.608. The van der Waals surface area contributed by atoms with E-state index >= 15 is 0 Å². The zero-order chi connectivity index (χ0) is 11.1. The Balaban J connectivity index is 2.15. The summed E-state index contributed by atoms with van der Waals surface area (Å²) in [6, 6.07) is 1.77. The maximum atomic E-state index is 5.83. The summed E-state index contributed by atoms with van der Waals surface area (Å²) in [5.74, 6) is 1.40. The van der Waals surface area contributed by atoms with Crippen LogP contribution in [-0.4, -0.2) is 19.6 Å². The first-order valence-electron chi connectivity index (χ1n) is 5.32. The molecule has 1 aliphatic rings. The highest BCUT2D eigenvalue weighted by atomic mass is 79.9. The monoisotopic (exact) mass is 281 g/mol. The Hall–Kier alpha value is -1.30. The van der Waals surface area contributed by atoms with Gasteiger partial charge >= 0.3 is 0 Å². The van der Waals surface area contributed by atoms with Gasteiger partial charge < -0.3 is 5.73 Å². The standard InChI is InChI=1S/C10H12BrN5/c11-9-7-3-1-2-6-15(7)14-10(9)16-8(12)4-5-13-16/h4-5H,1-3,6,12H2. The van der Waals surface area contributed by atoms with Crippen molar-refractivity contribution in [3.8, 4) is 5.82 Å². The van der Waals surface area contributed by atoms with Crippen molar-refractivity contribution in [2.24, 2.45) is 0 Å². The van der Waals surface area contributed by atoms with E-state index in [1.54, 1.807) is 16.9 Å². The van der Waals surface area contributed by atoms with Gasteiger partial charge in [0.25, 0.3) is 0 Å². The Morgan fingerprint density at radius 3 is 2.94 bits per heavy atom. The Kier molecular flexibility index (Phi) is 2.24. The number of nitrogen functional groups attached to an aromatic ring is 1. The number of anilines is 1. The van der Waals surface area contributed by atoms with Gasteiger partial charge in [0.1, 0.15) is 5.82 Å². The molecule has 0 amide bonds. The molecule has 0 spiro atoms. The molecule has 0 saturated carbocycles. The summed E-state index contributed by atoms with van der Waals surface area (Å²) in [7, 11) is 0. The van der Waals surface area contributed by atoms with E-state index in [1.165, 1.54) is 18.5 Å². The van der Waals surface area contributed by atoms with Crippen molar-refractivity contribution in [1.29, 1.82) is 0 Å². The van der Waals surface area contributed by atoms with E-state index in [0.717, 1.165) is 23.3 Å². The van der Waals surface area contributed by atoms with Gasteiger partial charge in [-0.2, -0.15) is 14.9 Å². The maximum Gasteiger partial charge on any atom is 0.191 e. The third-order valence-electron chi connectivity index (χ3n) is 2.88. The molecule has 2 aromatic heterocycles. The highest BCUT2D eigenvalue weighted by Gasteiger charge is 2.20. The second-order valence-electron chi connectivity index (χ2n) is 3.93. The molecular weight excluding hydrogens is 270 g/mol. The Bertz CT molecular complexity index is 527. The third-order valence-corrected chi connectivity index (χ3v) is 3.70. The quantitative estimate of drug-likeness (QED) is 0.866. The number of nitrogens with zero attached hydrogens (tertiary/aromatic N) is 4. The van der Waals surface area contributed by atoms with Gasteiger partial charge in [-0.05, 0) is 35.2 Å². The molecular formula is C10H12BrN5. The molecule has 0 aliphatic carbocycles. The smallest absolute Gasteiger partial charge is 0.191 e. The summed E-state index contributed by atoms with van der Waals surface area (Å²) < 4.78 is 4.72. The second-order valence-corrected chi connectivity index (χ2v) is 4.73. The SMILES string of the molecule is Nc1ccnn1-c1nn2c(c1Br)CCCC2. The van der Waals surface area contributed by atoms with Crippen LogP contribution in [0, 0.1) is 0 Å². The lowest BCUT2D eigenvalue weighted by Crippen LogP contribution is -2.11. The number of aryl methyl sites for hydroxylation is 1. The van der Waals surface area contributed by atoms with Crippen molar-refractivity contribution in [1.82, 2.24) is 19.6 Å². The number of hydrogen-bond donors (Lipinski definition) is 1. The fourth-order valence-electron chi connectivity index (χ4n) is 2.06. The highest BCUT2D eigenvalue weighted by Crippen LogP contribution is 2.29. The lowest BCUT2D eigenvalue weighted by molar-refractivity contribution is 0.483. The summed E-state index contributed by atoms with van der Waals surface area (Å²) in [4.78, 5) is 0. The van der Waals surface area contributed by atoms with Gasteiger partial charge in [-0.3, -0.25) is 4.68 Å². The molecule has 0 fully saturated rings. The number of hydrogen-bond acceptors (Lipinski definition) is 3. The lowest BCUT2D eigenvalue weighted by atomic mass is 10.1. The fraction of sp³-hybridized carbons (Fsp3) is 0.400. The average Bonchev–Trinajstić information content (AvgIpc) is 2.84. The first-order chi connectivity index (χ1) is 7.77. The molecule has 2 N–H and O–H groups in total. The summed E-state index contributed by atoms with van der Waals surface area (Å²) in [6.07, 6.45) is 5.16. The molecule has 3 heterocycles. The van der Waals surface area contributed by atoms with Gasteiger partial charge in [-0.25, -0.2) is 0 Å². The summed E-state index contributed by atoms with van der Waals surface area (Å²) in [6.45, 7) is 0.981. The molecule has 0 radical (unpaired) electrons. The molecule has 84 valence electrons. The predicted octanol–water partition coefficient (Wildman–Crippen LogP) is 1.75. The molecule has 1 aliphatic heterocycles. The van der Waals surface area contributed by atoms with Crippen molar-refractivity contribution < 1.29 is 0 Å². The molecule has 0 atom stereocenters. The van der Waals surface area contributed by atoms with Crippen LogP contribution in [0.5, 0.6) is 0 Å². The minimum absolute atomic E-state index is 0.608. The Morgan fingerprint density at radius 2 is 2.25 bits per heavy atom. The van der Waals surface area contributed by atoms with Crippen LogP contribution in [0.15, 0.2) is 16.7 Å². The van der Waals surface area contributed by atoms with Gasteiger partial charge in [0.2, 0.25) is 0 Å². The van der Waals surface area contributed by atoms with Crippen LogP contribution in [0.1, 0.15) is 18.5 Å². The van der Waals surface area contributed by atoms with Crippen LogP contribution < -0.4 is 5.73 Å². The lowest BCUT2D eigenvalue weighted by Gasteiger charge is -2.12. The summed E-state index contributed by atoms with van der Waals surface area (Å²) in [5.41, 5.74) is 7.08. The third kappa shape index (κ3) is 1.36. The van der Waals surface area contributed by atoms with Crippen LogP contribution >= 0.6 is 15.9 Å². The van der Waals surface area contributed by atoms with E-state index < -0.39 is 0 Å². The molecule has 5 nitrogen and oxygen atoms in total. The van der Waals surface area contributed by atoms with E-state index in [2.05, 4.69) is 26.1 Å². The van der Waals surface area contributed by atoms with Gasteiger partial charge in [0, 0.05) is 12.6 Å². The van der Waals surface area contributed by atoms with Crippen molar-refractivity contribution in [2.45, 2.75) is 25.8 Å². The van der Waals surface area contributed by atoms with Gasteiger partial charge in [0.05, 0.1) is 16.4 Å². The van der Waals surface area contributed by atoms with Gasteiger partial charge in [-0.15, -0.1) is 0 Å². The molecule has 0 saturated heterocycles. The Morgan fingerprint density at radius 1 is 1.38 bits per heavy atom. The minimum Gasteiger partial charge on any atom is -0.384 e. The number of nitrogens with two attached hydrogens (primary N) is 1. The topological polar surface area (TPSA) is 61.7 Å². The van der Waals surface area contributed by atoms with Crippen molar-refractivity contribution >= 4 is 21.7 Å². The van der Waals surface area contributed by atoms with Crippen LogP contribution in [0.3, 0.4) is 0 Å². The summed E-state index contributed by atoms with van der Waals surface area (Å²) >= 11 is 3.59. The van der Waals surface area contributed by atoms with Crippen molar-refractivity contribution in [3.63, 3.8) is 0 Å². The predicted molar refractivity (Wildman–Crippen MR) is 64.4 cm³/mol. The molecule has 2 aromatic rings. The van der Waals surface area contributed by atoms with Crippen LogP contribution in [-0.2, 0) is 13.0 Å². The normalized spacial score (nSPS) is 15.1. The number of fused-ring (bicyclic) bond motifs is 1. The van der Waals surface area contributed by atoms with Crippen LogP contribution in [0.4, 0.5) is 5.82 Å². The molecule has 0 unspecified atom stereocenters. The van der Waals surface area contributed by atoms with E-state index in [4.69, 9.17) is 5.73 Å². The van der Waals surface area contributed by atoms with Crippen molar-refractivity contribution in [3.05, 3.63) is 22.4 Å². The molecule has 16 heavy (non-hydrogen) atoms. The molecule has 0 aromatic carbocycles. The Labute approximate surface area is 101 Å². The van der Waals surface area contributed by atoms with Gasteiger partial charge in [0.15, 0.2) is 5.82 Å². The van der Waals surface area contributed by atoms with Gasteiger partial charge in [-0.1, -0.05) is 0 Å². The zero-order valence-corrected chi connectivity index (χ0v) is 10.3. The van der Waals surface area contributed by atoms with Crippen LogP contribution in [0.25, 0.3) is 5.82 Å². The number of rotatable bonds is 1. The molecule has 6 heteroatoms. The maximum absolute atomic E-state index is 5.83. The zero-order valence-electron chi connectivity index (χ0n) is 8.73. The summed E-state index contributed by atoms with van der Waals surface area (Å²) in [5, 5.41) is 8.72.